The molecule has 1 saturated carbocycles. The number of thiazole rings is 1. The first-order chi connectivity index (χ1) is 13.2. The van der Waals surface area contributed by atoms with Crippen LogP contribution in [0, 0.1) is 6.92 Å². The van der Waals surface area contributed by atoms with E-state index in [-0.39, 0.29) is 12.1 Å². The highest BCUT2D eigenvalue weighted by Gasteiger charge is 2.27. The van der Waals surface area contributed by atoms with Gasteiger partial charge in [0.05, 0.1) is 17.7 Å². The molecule has 2 heterocycles. The van der Waals surface area contributed by atoms with Crippen molar-refractivity contribution >= 4 is 23.1 Å². The van der Waals surface area contributed by atoms with Crippen LogP contribution in [0.4, 0.5) is 10.5 Å². The van der Waals surface area contributed by atoms with E-state index in [1.54, 1.807) is 11.3 Å². The number of nitrogens with one attached hydrogen (secondary N) is 1. The van der Waals surface area contributed by atoms with Gasteiger partial charge in [0, 0.05) is 22.7 Å². The van der Waals surface area contributed by atoms with Gasteiger partial charge < -0.3 is 14.6 Å². The molecule has 0 atom stereocenters. The van der Waals surface area contributed by atoms with E-state index in [2.05, 4.69) is 10.3 Å². The van der Waals surface area contributed by atoms with Crippen molar-refractivity contribution in [1.29, 1.82) is 0 Å². The fraction of sp³-hybridized carbons (Fsp3) is 0.333. The van der Waals surface area contributed by atoms with Gasteiger partial charge in [-0.15, -0.1) is 11.3 Å². The molecule has 0 unspecified atom stereocenters. The largest absolute Gasteiger partial charge is 0.464 e. The first-order valence-electron chi connectivity index (χ1n) is 9.30. The third-order valence-electron chi connectivity index (χ3n) is 5.01. The summed E-state index contributed by atoms with van der Waals surface area (Å²) in [5.74, 6) is 1.70. The number of anilines is 1. The molecule has 0 aliphatic heterocycles. The molecule has 5 nitrogen and oxygen atoms in total. The van der Waals surface area contributed by atoms with Crippen LogP contribution in [0.1, 0.15) is 37.2 Å². The number of rotatable bonds is 5. The van der Waals surface area contributed by atoms with Crippen LogP contribution in [0.25, 0.3) is 11.3 Å². The molecule has 0 spiro atoms. The van der Waals surface area contributed by atoms with Crippen LogP contribution in [0.5, 0.6) is 0 Å². The van der Waals surface area contributed by atoms with Crippen LogP contribution in [0.3, 0.4) is 0 Å². The maximum Gasteiger partial charge on any atom is 0.322 e. The summed E-state index contributed by atoms with van der Waals surface area (Å²) in [6.07, 6.45) is 4.45. The monoisotopic (exact) mass is 381 g/mol. The third-order valence-corrected chi connectivity index (χ3v) is 5.60. The van der Waals surface area contributed by atoms with Gasteiger partial charge in [0.25, 0.3) is 0 Å². The molecule has 1 fully saturated rings. The summed E-state index contributed by atoms with van der Waals surface area (Å²) in [5, 5.41) is 5.06. The molecule has 2 aromatic heterocycles. The van der Waals surface area contributed by atoms with Crippen LogP contribution in [-0.2, 0) is 6.54 Å². The number of furan rings is 1. The highest BCUT2D eigenvalue weighted by atomic mass is 32.1. The quantitative estimate of drug-likeness (QED) is 0.618. The van der Waals surface area contributed by atoms with Gasteiger partial charge in [-0.05, 0) is 44.0 Å². The minimum Gasteiger partial charge on any atom is -0.464 e. The smallest absolute Gasteiger partial charge is 0.322 e. The number of aromatic nitrogens is 1. The Bertz CT molecular complexity index is 881. The number of urea groups is 1. The number of hydrogen-bond acceptors (Lipinski definition) is 4. The molecule has 2 amide bonds. The predicted octanol–water partition coefficient (Wildman–Crippen LogP) is 5.69. The maximum atomic E-state index is 13.0. The van der Waals surface area contributed by atoms with E-state index in [9.17, 15) is 4.79 Å². The highest BCUT2D eigenvalue weighted by Crippen LogP contribution is 2.27. The Labute approximate surface area is 163 Å². The summed E-state index contributed by atoms with van der Waals surface area (Å²) in [6, 6.07) is 11.9. The standard InChI is InChI=1S/C21H23N3O2S/c1-15-6-11-19(26-15)12-24(18-4-2-3-5-18)21(25)23-17-9-7-16(8-10-17)20-13-27-14-22-20/h6-11,13-14,18H,2-5,12H2,1H3,(H,23,25). The fourth-order valence-corrected chi connectivity index (χ4v) is 4.16. The van der Waals surface area contributed by atoms with Crippen LogP contribution >= 0.6 is 11.3 Å². The summed E-state index contributed by atoms with van der Waals surface area (Å²) in [4.78, 5) is 19.2. The van der Waals surface area contributed by atoms with Gasteiger partial charge in [-0.3, -0.25) is 0 Å². The van der Waals surface area contributed by atoms with Gasteiger partial charge in [0.2, 0.25) is 0 Å². The minimum absolute atomic E-state index is 0.0719. The predicted molar refractivity (Wildman–Crippen MR) is 108 cm³/mol. The van der Waals surface area contributed by atoms with E-state index in [0.717, 1.165) is 41.3 Å². The minimum atomic E-state index is -0.0719. The summed E-state index contributed by atoms with van der Waals surface area (Å²) in [6.45, 7) is 2.43. The van der Waals surface area contributed by atoms with Crippen molar-refractivity contribution < 1.29 is 9.21 Å². The Morgan fingerprint density at radius 3 is 2.63 bits per heavy atom. The van der Waals surface area contributed by atoms with Crippen molar-refractivity contribution in [3.8, 4) is 11.3 Å². The average molecular weight is 382 g/mol. The van der Waals surface area contributed by atoms with Gasteiger partial charge >= 0.3 is 6.03 Å². The van der Waals surface area contributed by atoms with Gasteiger partial charge in [0.1, 0.15) is 11.5 Å². The number of benzene rings is 1. The molecular weight excluding hydrogens is 358 g/mol. The molecule has 0 radical (unpaired) electrons. The lowest BCUT2D eigenvalue weighted by Gasteiger charge is -2.28. The highest BCUT2D eigenvalue weighted by molar-refractivity contribution is 7.07. The average Bonchev–Trinajstić information content (AvgIpc) is 3.43. The van der Waals surface area contributed by atoms with Crippen LogP contribution < -0.4 is 5.32 Å². The van der Waals surface area contributed by atoms with E-state index in [0.29, 0.717) is 6.54 Å². The van der Waals surface area contributed by atoms with Crippen LogP contribution in [0.15, 0.2) is 51.7 Å². The Hall–Kier alpha value is -2.60. The number of carbonyl (C=O) groups excluding carboxylic acids is 1. The van der Waals surface area contributed by atoms with Gasteiger partial charge in [0.15, 0.2) is 0 Å². The zero-order valence-electron chi connectivity index (χ0n) is 15.4. The molecular formula is C21H23N3O2S. The van der Waals surface area contributed by atoms with E-state index in [1.165, 1.54) is 12.8 Å². The normalized spacial score (nSPS) is 14.4. The van der Waals surface area contributed by atoms with Crippen molar-refractivity contribution in [3.63, 3.8) is 0 Å². The molecule has 4 rings (SSSR count). The number of nitrogens with zero attached hydrogens (tertiary/aromatic N) is 2. The summed E-state index contributed by atoms with van der Waals surface area (Å²) < 4.78 is 5.70. The Morgan fingerprint density at radius 2 is 2.00 bits per heavy atom. The Kier molecular flexibility index (Phi) is 5.25. The van der Waals surface area contributed by atoms with Crippen LogP contribution in [-0.4, -0.2) is 22.0 Å². The SMILES string of the molecule is Cc1ccc(CN(C(=O)Nc2ccc(-c3cscn3)cc2)C2CCCC2)o1. The fourth-order valence-electron chi connectivity index (χ4n) is 3.60. The molecule has 0 saturated heterocycles. The second kappa shape index (κ2) is 7.96. The molecule has 1 aromatic carbocycles. The second-order valence-electron chi connectivity index (χ2n) is 6.96. The van der Waals surface area contributed by atoms with Crippen molar-refractivity contribution in [3.05, 3.63) is 58.8 Å². The topological polar surface area (TPSA) is 58.4 Å². The van der Waals surface area contributed by atoms with Gasteiger partial charge in [-0.1, -0.05) is 25.0 Å². The zero-order valence-corrected chi connectivity index (χ0v) is 16.2. The maximum absolute atomic E-state index is 13.0. The molecule has 1 aliphatic rings. The van der Waals surface area contributed by atoms with Crippen molar-refractivity contribution in [1.82, 2.24) is 9.88 Å². The van der Waals surface area contributed by atoms with Crippen molar-refractivity contribution in [2.75, 3.05) is 5.32 Å². The van der Waals surface area contributed by atoms with E-state index >= 15 is 0 Å². The molecule has 6 heteroatoms. The summed E-state index contributed by atoms with van der Waals surface area (Å²) in [5.41, 5.74) is 4.62. The lowest BCUT2D eigenvalue weighted by molar-refractivity contribution is 0.178. The lowest BCUT2D eigenvalue weighted by Crippen LogP contribution is -2.41. The molecule has 1 aliphatic carbocycles. The lowest BCUT2D eigenvalue weighted by atomic mass is 10.1. The van der Waals surface area contributed by atoms with Crippen LogP contribution in [0.2, 0.25) is 0 Å². The molecule has 3 aromatic rings. The van der Waals surface area contributed by atoms with E-state index in [1.807, 2.05) is 59.1 Å². The molecule has 0 bridgehead atoms. The molecule has 1 N–H and O–H groups in total. The number of aryl methyl sites for hydroxylation is 1. The third kappa shape index (κ3) is 4.22. The van der Waals surface area contributed by atoms with E-state index in [4.69, 9.17) is 4.42 Å². The summed E-state index contributed by atoms with van der Waals surface area (Å²) >= 11 is 1.57. The second-order valence-corrected chi connectivity index (χ2v) is 7.68. The Balaban J connectivity index is 1.47. The molecule has 27 heavy (non-hydrogen) atoms. The van der Waals surface area contributed by atoms with Crippen molar-refractivity contribution in [2.45, 2.75) is 45.2 Å². The van der Waals surface area contributed by atoms with Gasteiger partial charge in [-0.25, -0.2) is 9.78 Å². The summed E-state index contributed by atoms with van der Waals surface area (Å²) in [7, 11) is 0. The Morgan fingerprint density at radius 1 is 1.22 bits per heavy atom. The number of amides is 2. The van der Waals surface area contributed by atoms with Crippen molar-refractivity contribution in [2.24, 2.45) is 0 Å². The number of carbonyl (C=O) groups is 1. The number of hydrogen-bond donors (Lipinski definition) is 1. The molecule has 140 valence electrons. The zero-order chi connectivity index (χ0) is 18.6. The van der Waals surface area contributed by atoms with E-state index < -0.39 is 0 Å². The first kappa shape index (κ1) is 17.8. The van der Waals surface area contributed by atoms with Gasteiger partial charge in [-0.2, -0.15) is 0 Å². The first-order valence-corrected chi connectivity index (χ1v) is 10.2.